The molecule has 24 heavy (non-hydrogen) atoms. The lowest BCUT2D eigenvalue weighted by Crippen LogP contribution is -2.15. The predicted molar refractivity (Wildman–Crippen MR) is 98.4 cm³/mol. The molecule has 0 amide bonds. The first-order valence-corrected chi connectivity index (χ1v) is 8.10. The minimum Gasteiger partial charge on any atom is -0.508 e. The number of carboxylic acids is 1. The number of aromatic carboxylic acids is 1. The lowest BCUT2D eigenvalue weighted by Gasteiger charge is -2.25. The highest BCUT2D eigenvalue weighted by Gasteiger charge is 2.22. The number of hydrogen-bond acceptors (Lipinski definition) is 2. The van der Waals surface area contributed by atoms with Gasteiger partial charge in [-0.05, 0) is 59.7 Å². The van der Waals surface area contributed by atoms with Gasteiger partial charge in [-0.25, -0.2) is 4.79 Å². The van der Waals surface area contributed by atoms with Gasteiger partial charge in [0, 0.05) is 5.56 Å². The molecule has 0 fully saturated rings. The fraction of sp³-hybridized carbons (Fsp3) is 0.286. The molecule has 0 saturated heterocycles. The van der Waals surface area contributed by atoms with Gasteiger partial charge in [0.15, 0.2) is 0 Å². The van der Waals surface area contributed by atoms with Crippen molar-refractivity contribution in [2.24, 2.45) is 0 Å². The molecule has 0 bridgehead atoms. The number of phenols is 1. The number of phenolic OH excluding ortho intramolecular Hbond substituents is 1. The third kappa shape index (κ3) is 3.85. The highest BCUT2D eigenvalue weighted by molar-refractivity contribution is 5.88. The summed E-state index contributed by atoms with van der Waals surface area (Å²) < 4.78 is 0. The average molecular weight is 324 g/mol. The van der Waals surface area contributed by atoms with E-state index in [0.717, 1.165) is 28.7 Å². The van der Waals surface area contributed by atoms with Crippen LogP contribution < -0.4 is 0 Å². The number of carboxylic acid groups (broad SMARTS) is 1. The molecule has 0 saturated carbocycles. The number of aromatic hydroxyl groups is 1. The van der Waals surface area contributed by atoms with Gasteiger partial charge in [0.05, 0.1) is 5.56 Å². The third-order valence-corrected chi connectivity index (χ3v) is 4.61. The SMILES string of the molecule is CCC(C)(C)c1cc(/C(C)=C/c2ccc(C(=O)O)cc2)ccc1O. The summed E-state index contributed by atoms with van der Waals surface area (Å²) in [6.07, 6.45) is 2.95. The molecule has 2 N–H and O–H groups in total. The molecular weight excluding hydrogens is 300 g/mol. The molecule has 3 nitrogen and oxygen atoms in total. The van der Waals surface area contributed by atoms with Crippen molar-refractivity contribution in [1.82, 2.24) is 0 Å². The van der Waals surface area contributed by atoms with E-state index in [2.05, 4.69) is 20.8 Å². The summed E-state index contributed by atoms with van der Waals surface area (Å²) in [7, 11) is 0. The standard InChI is InChI=1S/C21H24O3/c1-5-21(3,4)18-13-17(10-11-19(18)22)14(2)12-15-6-8-16(9-7-15)20(23)24/h6-13,22H,5H2,1-4H3,(H,23,24)/b14-12+. The van der Waals surface area contributed by atoms with E-state index in [9.17, 15) is 9.90 Å². The van der Waals surface area contributed by atoms with Gasteiger partial charge in [-0.2, -0.15) is 0 Å². The largest absolute Gasteiger partial charge is 0.508 e. The van der Waals surface area contributed by atoms with Gasteiger partial charge in [-0.3, -0.25) is 0 Å². The zero-order chi connectivity index (χ0) is 17.9. The molecule has 0 heterocycles. The average Bonchev–Trinajstić information content (AvgIpc) is 2.55. The summed E-state index contributed by atoms with van der Waals surface area (Å²) in [4.78, 5) is 10.9. The minimum absolute atomic E-state index is 0.0937. The summed E-state index contributed by atoms with van der Waals surface area (Å²) in [5.74, 6) is -0.601. The van der Waals surface area contributed by atoms with Crippen molar-refractivity contribution in [3.05, 3.63) is 64.7 Å². The Morgan fingerprint density at radius 2 is 1.67 bits per heavy atom. The van der Waals surface area contributed by atoms with Gasteiger partial charge in [0.25, 0.3) is 0 Å². The van der Waals surface area contributed by atoms with E-state index in [0.29, 0.717) is 5.75 Å². The number of allylic oxidation sites excluding steroid dienone is 1. The maximum absolute atomic E-state index is 10.9. The van der Waals surface area contributed by atoms with Crippen LogP contribution in [0.2, 0.25) is 0 Å². The van der Waals surface area contributed by atoms with Crippen LogP contribution in [0.15, 0.2) is 42.5 Å². The summed E-state index contributed by atoms with van der Waals surface area (Å²) >= 11 is 0. The van der Waals surface area contributed by atoms with Gasteiger partial charge in [0.1, 0.15) is 5.75 Å². The molecule has 0 atom stereocenters. The second kappa shape index (κ2) is 6.91. The second-order valence-electron chi connectivity index (χ2n) is 6.72. The normalized spacial score (nSPS) is 12.2. The van der Waals surface area contributed by atoms with Crippen molar-refractivity contribution < 1.29 is 15.0 Å². The van der Waals surface area contributed by atoms with Crippen molar-refractivity contribution in [3.8, 4) is 5.75 Å². The highest BCUT2D eigenvalue weighted by Crippen LogP contribution is 2.35. The first kappa shape index (κ1) is 17.8. The zero-order valence-corrected chi connectivity index (χ0v) is 14.6. The van der Waals surface area contributed by atoms with Gasteiger partial charge >= 0.3 is 5.97 Å². The first-order valence-electron chi connectivity index (χ1n) is 8.10. The van der Waals surface area contributed by atoms with Crippen LogP contribution in [0, 0.1) is 0 Å². The van der Waals surface area contributed by atoms with E-state index in [1.54, 1.807) is 30.3 Å². The van der Waals surface area contributed by atoms with E-state index >= 15 is 0 Å². The van der Waals surface area contributed by atoms with Crippen LogP contribution in [0.25, 0.3) is 11.6 Å². The summed E-state index contributed by atoms with van der Waals surface area (Å²) in [6.45, 7) is 8.37. The molecule has 0 aliphatic heterocycles. The molecular formula is C21H24O3. The number of benzene rings is 2. The Hall–Kier alpha value is -2.55. The molecule has 126 valence electrons. The van der Waals surface area contributed by atoms with Crippen LogP contribution in [0.4, 0.5) is 0 Å². The molecule has 0 aliphatic carbocycles. The van der Waals surface area contributed by atoms with Crippen LogP contribution in [0.3, 0.4) is 0 Å². The van der Waals surface area contributed by atoms with E-state index in [1.165, 1.54) is 0 Å². The van der Waals surface area contributed by atoms with E-state index in [-0.39, 0.29) is 11.0 Å². The Balaban J connectivity index is 2.37. The molecule has 0 aliphatic rings. The van der Waals surface area contributed by atoms with Gasteiger partial charge < -0.3 is 10.2 Å². The summed E-state index contributed by atoms with van der Waals surface area (Å²) in [5.41, 5.74) is 4.18. The maximum atomic E-state index is 10.9. The topological polar surface area (TPSA) is 57.5 Å². The van der Waals surface area contributed by atoms with Crippen LogP contribution in [0.5, 0.6) is 5.75 Å². The molecule has 2 aromatic carbocycles. The second-order valence-corrected chi connectivity index (χ2v) is 6.72. The van der Waals surface area contributed by atoms with E-state index < -0.39 is 5.97 Å². The molecule has 0 spiro atoms. The molecule has 2 rings (SSSR count). The third-order valence-electron chi connectivity index (χ3n) is 4.61. The highest BCUT2D eigenvalue weighted by atomic mass is 16.4. The van der Waals surface area contributed by atoms with Gasteiger partial charge in [0.2, 0.25) is 0 Å². The number of carbonyl (C=O) groups is 1. The first-order chi connectivity index (χ1) is 11.2. The molecule has 0 unspecified atom stereocenters. The molecule has 0 aromatic heterocycles. The van der Waals surface area contributed by atoms with Crippen LogP contribution in [-0.2, 0) is 5.41 Å². The van der Waals surface area contributed by atoms with E-state index in [4.69, 9.17) is 5.11 Å². The molecule has 3 heteroatoms. The van der Waals surface area contributed by atoms with E-state index in [1.807, 2.05) is 25.1 Å². The van der Waals surface area contributed by atoms with Gasteiger partial charge in [-0.15, -0.1) is 0 Å². The van der Waals surface area contributed by atoms with Crippen LogP contribution >= 0.6 is 0 Å². The van der Waals surface area contributed by atoms with Crippen LogP contribution in [0.1, 0.15) is 61.2 Å². The zero-order valence-electron chi connectivity index (χ0n) is 14.6. The molecule has 2 aromatic rings. The number of rotatable bonds is 5. The van der Waals surface area contributed by atoms with Crippen molar-refractivity contribution >= 4 is 17.6 Å². The Labute approximate surface area is 143 Å². The monoisotopic (exact) mass is 324 g/mol. The van der Waals surface area contributed by atoms with Crippen molar-refractivity contribution in [2.45, 2.75) is 39.5 Å². The lowest BCUT2D eigenvalue weighted by atomic mass is 9.80. The van der Waals surface area contributed by atoms with Crippen molar-refractivity contribution in [3.63, 3.8) is 0 Å². The summed E-state index contributed by atoms with van der Waals surface area (Å²) in [6, 6.07) is 12.5. The Kier molecular flexibility index (Phi) is 5.13. The fourth-order valence-electron chi connectivity index (χ4n) is 2.57. The Morgan fingerprint density at radius 1 is 1.08 bits per heavy atom. The van der Waals surface area contributed by atoms with Gasteiger partial charge in [-0.1, -0.05) is 45.0 Å². The quantitative estimate of drug-likeness (QED) is 0.730. The summed E-state index contributed by atoms with van der Waals surface area (Å²) in [5, 5.41) is 19.1. The van der Waals surface area contributed by atoms with Crippen molar-refractivity contribution in [1.29, 1.82) is 0 Å². The minimum atomic E-state index is -0.924. The Bertz CT molecular complexity index is 768. The Morgan fingerprint density at radius 3 is 2.21 bits per heavy atom. The predicted octanol–water partition coefficient (Wildman–Crippen LogP) is 5.34. The van der Waals surface area contributed by atoms with Crippen LogP contribution in [-0.4, -0.2) is 16.2 Å². The fourth-order valence-corrected chi connectivity index (χ4v) is 2.57. The molecule has 0 radical (unpaired) electrons. The number of hydrogen-bond donors (Lipinski definition) is 2. The van der Waals surface area contributed by atoms with Crippen molar-refractivity contribution in [2.75, 3.05) is 0 Å². The smallest absolute Gasteiger partial charge is 0.335 e. The maximum Gasteiger partial charge on any atom is 0.335 e. The lowest BCUT2D eigenvalue weighted by molar-refractivity contribution is 0.0697.